The van der Waals surface area contributed by atoms with E-state index in [2.05, 4.69) is 25.6 Å². The zero-order valence-corrected chi connectivity index (χ0v) is 15.1. The summed E-state index contributed by atoms with van der Waals surface area (Å²) in [4.78, 5) is 36.2. The minimum Gasteiger partial charge on any atom is -0.387 e. The van der Waals surface area contributed by atoms with E-state index in [9.17, 15) is 19.8 Å². The standard InChI is InChI=1S/C16H23N7O5/c24-10(22-3-1-17-2-4-22)6-18-5-9-12(25)13(26)16(28-9)23-8-21-11-14(23)19-7-20-15(11)27/h7-9,12-13,16-18,25-26H,1-6H2,(H,19,20,27)/t9-,12-,13-,16-/m1/s1. The summed E-state index contributed by atoms with van der Waals surface area (Å²) in [5, 5.41) is 26.9. The fourth-order valence-corrected chi connectivity index (χ4v) is 3.52. The quantitative estimate of drug-likeness (QED) is 0.352. The fourth-order valence-electron chi connectivity index (χ4n) is 3.52. The van der Waals surface area contributed by atoms with Crippen molar-refractivity contribution in [1.82, 2.24) is 35.1 Å². The Balaban J connectivity index is 1.38. The van der Waals surface area contributed by atoms with Crippen molar-refractivity contribution in [2.45, 2.75) is 24.5 Å². The van der Waals surface area contributed by atoms with Crippen LogP contribution in [0.15, 0.2) is 17.4 Å². The highest BCUT2D eigenvalue weighted by molar-refractivity contribution is 5.78. The Morgan fingerprint density at radius 2 is 2.07 bits per heavy atom. The second-order valence-corrected chi connectivity index (χ2v) is 6.86. The molecule has 0 saturated carbocycles. The number of aromatic amines is 1. The first-order valence-corrected chi connectivity index (χ1v) is 9.17. The second kappa shape index (κ2) is 7.93. The zero-order chi connectivity index (χ0) is 19.7. The van der Waals surface area contributed by atoms with E-state index in [4.69, 9.17) is 4.74 Å². The van der Waals surface area contributed by atoms with Crippen LogP contribution in [0.3, 0.4) is 0 Å². The summed E-state index contributed by atoms with van der Waals surface area (Å²) in [5.41, 5.74) is -0.0279. The normalized spacial score (nSPS) is 28.1. The number of aromatic nitrogens is 4. The number of amides is 1. The molecule has 12 nitrogen and oxygen atoms in total. The number of hydrogen-bond acceptors (Lipinski definition) is 9. The van der Waals surface area contributed by atoms with Gasteiger partial charge in [-0.25, -0.2) is 9.97 Å². The van der Waals surface area contributed by atoms with Gasteiger partial charge in [0.25, 0.3) is 5.56 Å². The molecule has 2 aliphatic heterocycles. The third-order valence-corrected chi connectivity index (χ3v) is 5.07. The van der Waals surface area contributed by atoms with Crippen LogP contribution in [0.5, 0.6) is 0 Å². The molecule has 5 N–H and O–H groups in total. The first-order valence-electron chi connectivity index (χ1n) is 9.17. The smallest absolute Gasteiger partial charge is 0.278 e. The van der Waals surface area contributed by atoms with E-state index in [1.165, 1.54) is 17.2 Å². The summed E-state index contributed by atoms with van der Waals surface area (Å²) in [6.07, 6.45) is -1.47. The lowest BCUT2D eigenvalue weighted by molar-refractivity contribution is -0.130. The maximum Gasteiger partial charge on any atom is 0.278 e. The van der Waals surface area contributed by atoms with E-state index in [0.717, 1.165) is 13.1 Å². The molecule has 0 aromatic carbocycles. The van der Waals surface area contributed by atoms with Crippen LogP contribution in [0.2, 0.25) is 0 Å². The maximum atomic E-state index is 12.2. The molecule has 152 valence electrons. The number of rotatable bonds is 5. The minimum atomic E-state index is -1.23. The van der Waals surface area contributed by atoms with Gasteiger partial charge >= 0.3 is 0 Å². The molecule has 0 unspecified atom stereocenters. The number of carbonyl (C=O) groups is 1. The van der Waals surface area contributed by atoms with Crippen molar-refractivity contribution in [2.24, 2.45) is 0 Å². The van der Waals surface area contributed by atoms with Crippen molar-refractivity contribution >= 4 is 17.1 Å². The number of nitrogens with one attached hydrogen (secondary N) is 3. The van der Waals surface area contributed by atoms with Crippen molar-refractivity contribution in [2.75, 3.05) is 39.3 Å². The van der Waals surface area contributed by atoms with Crippen molar-refractivity contribution in [1.29, 1.82) is 0 Å². The number of imidazole rings is 1. The average Bonchev–Trinajstić information content (AvgIpc) is 3.26. The lowest BCUT2D eigenvalue weighted by Gasteiger charge is -2.27. The molecule has 1 amide bonds. The Bertz CT molecular complexity index is 893. The highest BCUT2D eigenvalue weighted by Gasteiger charge is 2.44. The number of fused-ring (bicyclic) bond motifs is 1. The van der Waals surface area contributed by atoms with Crippen LogP contribution in [0.25, 0.3) is 11.2 Å². The number of piperazine rings is 1. The molecule has 2 aromatic rings. The predicted octanol–water partition coefficient (Wildman–Crippen LogP) is -3.24. The van der Waals surface area contributed by atoms with E-state index in [1.54, 1.807) is 4.90 Å². The Labute approximate surface area is 159 Å². The van der Waals surface area contributed by atoms with E-state index in [0.29, 0.717) is 13.1 Å². The van der Waals surface area contributed by atoms with Crippen LogP contribution in [-0.4, -0.2) is 98.1 Å². The summed E-state index contributed by atoms with van der Waals surface area (Å²) in [7, 11) is 0. The molecule has 0 radical (unpaired) electrons. The number of hydrogen-bond donors (Lipinski definition) is 5. The van der Waals surface area contributed by atoms with Gasteiger partial charge in [-0.15, -0.1) is 0 Å². The molecule has 0 spiro atoms. The number of ether oxygens (including phenoxy) is 1. The number of aliphatic hydroxyl groups excluding tert-OH is 2. The topological polar surface area (TPSA) is 158 Å². The number of aliphatic hydroxyl groups is 2. The van der Waals surface area contributed by atoms with Crippen LogP contribution in [0, 0.1) is 0 Å². The zero-order valence-electron chi connectivity index (χ0n) is 15.1. The van der Waals surface area contributed by atoms with E-state index in [1.807, 2.05) is 0 Å². The van der Waals surface area contributed by atoms with Gasteiger partial charge in [-0.3, -0.25) is 14.2 Å². The molecule has 12 heteroatoms. The van der Waals surface area contributed by atoms with Crippen molar-refractivity contribution in [3.63, 3.8) is 0 Å². The molecule has 4 atom stereocenters. The summed E-state index contributed by atoms with van der Waals surface area (Å²) in [6.45, 7) is 3.21. The van der Waals surface area contributed by atoms with E-state index in [-0.39, 0.29) is 30.2 Å². The Morgan fingerprint density at radius 3 is 2.86 bits per heavy atom. The van der Waals surface area contributed by atoms with Gasteiger partial charge in [-0.05, 0) is 0 Å². The Kier molecular flexibility index (Phi) is 5.37. The predicted molar refractivity (Wildman–Crippen MR) is 96.4 cm³/mol. The lowest BCUT2D eigenvalue weighted by atomic mass is 10.1. The Morgan fingerprint density at radius 1 is 1.29 bits per heavy atom. The summed E-state index contributed by atoms with van der Waals surface area (Å²) < 4.78 is 7.20. The average molecular weight is 393 g/mol. The van der Waals surface area contributed by atoms with Gasteiger partial charge in [0.15, 0.2) is 17.4 Å². The van der Waals surface area contributed by atoms with Crippen LogP contribution in [0.4, 0.5) is 0 Å². The maximum absolute atomic E-state index is 12.2. The van der Waals surface area contributed by atoms with Gasteiger partial charge in [-0.2, -0.15) is 0 Å². The number of H-pyrrole nitrogens is 1. The summed E-state index contributed by atoms with van der Waals surface area (Å²) in [6, 6.07) is 0. The van der Waals surface area contributed by atoms with Gasteiger partial charge in [0.05, 0.1) is 19.2 Å². The number of nitrogens with zero attached hydrogens (tertiary/aromatic N) is 4. The SMILES string of the molecule is O=C(CNC[C@H]1O[C@@H](n2cnc3c(=O)[nH]cnc32)[C@H](O)[C@@H]1O)N1CCNCC1. The third-order valence-electron chi connectivity index (χ3n) is 5.07. The molecular formula is C16H23N7O5. The van der Waals surface area contributed by atoms with Crippen LogP contribution >= 0.6 is 0 Å². The highest BCUT2D eigenvalue weighted by Crippen LogP contribution is 2.30. The highest BCUT2D eigenvalue weighted by atomic mass is 16.6. The molecule has 2 saturated heterocycles. The molecule has 0 aliphatic carbocycles. The molecule has 28 heavy (non-hydrogen) atoms. The lowest BCUT2D eigenvalue weighted by Crippen LogP contribution is -2.50. The van der Waals surface area contributed by atoms with Gasteiger partial charge in [-0.1, -0.05) is 0 Å². The third kappa shape index (κ3) is 3.52. The second-order valence-electron chi connectivity index (χ2n) is 6.86. The molecule has 2 aliphatic rings. The first-order chi connectivity index (χ1) is 13.6. The van der Waals surface area contributed by atoms with E-state index < -0.39 is 30.1 Å². The van der Waals surface area contributed by atoms with Crippen LogP contribution in [0.1, 0.15) is 6.23 Å². The molecule has 4 rings (SSSR count). The molecule has 2 fully saturated rings. The van der Waals surface area contributed by atoms with Gasteiger partial charge in [0, 0.05) is 32.7 Å². The molecule has 4 heterocycles. The van der Waals surface area contributed by atoms with Crippen molar-refractivity contribution in [3.05, 3.63) is 23.0 Å². The molecule has 0 bridgehead atoms. The van der Waals surface area contributed by atoms with Crippen molar-refractivity contribution in [3.8, 4) is 0 Å². The summed E-state index contributed by atoms with van der Waals surface area (Å²) >= 11 is 0. The van der Waals surface area contributed by atoms with Crippen LogP contribution < -0.4 is 16.2 Å². The largest absolute Gasteiger partial charge is 0.387 e. The van der Waals surface area contributed by atoms with Crippen LogP contribution in [-0.2, 0) is 9.53 Å². The molecular weight excluding hydrogens is 370 g/mol. The van der Waals surface area contributed by atoms with Gasteiger partial charge < -0.3 is 35.5 Å². The number of carbonyl (C=O) groups excluding carboxylic acids is 1. The van der Waals surface area contributed by atoms with Gasteiger partial charge in [0.1, 0.15) is 18.3 Å². The summed E-state index contributed by atoms with van der Waals surface area (Å²) in [5.74, 6) is -0.0184. The molecule has 2 aromatic heterocycles. The van der Waals surface area contributed by atoms with Gasteiger partial charge in [0.2, 0.25) is 5.91 Å². The van der Waals surface area contributed by atoms with Crippen molar-refractivity contribution < 1.29 is 19.7 Å². The first kappa shape index (κ1) is 19.0. The fraction of sp³-hybridized carbons (Fsp3) is 0.625. The van der Waals surface area contributed by atoms with E-state index >= 15 is 0 Å². The Hall–Kier alpha value is -2.38. The minimum absolute atomic E-state index is 0.0184. The monoisotopic (exact) mass is 393 g/mol.